The number of aromatic nitrogens is 1. The minimum Gasteiger partial charge on any atom is -0.314 e. The van der Waals surface area contributed by atoms with Crippen LogP contribution in [0.1, 0.15) is 45.2 Å². The number of likely N-dealkylation sites (N-methyl/N-ethyl adjacent to an activating group) is 1. The van der Waals surface area contributed by atoms with E-state index in [0.717, 1.165) is 24.8 Å². The molecule has 1 aromatic heterocycles. The van der Waals surface area contributed by atoms with Gasteiger partial charge in [-0.25, -0.2) is 0 Å². The highest BCUT2D eigenvalue weighted by Crippen LogP contribution is 2.35. The Labute approximate surface area is 111 Å². The highest BCUT2D eigenvalue weighted by atomic mass is 14.9. The maximum Gasteiger partial charge on any atom is 0.0419 e. The number of nitrogens with zero attached hydrogens (tertiary/aromatic N) is 1. The van der Waals surface area contributed by atoms with E-state index < -0.39 is 0 Å². The zero-order valence-electron chi connectivity index (χ0n) is 11.7. The Balaban J connectivity index is 1.96. The zero-order valence-corrected chi connectivity index (χ0v) is 11.7. The molecular weight excluding hydrogens is 220 g/mol. The summed E-state index contributed by atoms with van der Waals surface area (Å²) < 4.78 is 0. The number of hydrogen-bond donors (Lipinski definition) is 1. The third-order valence-corrected chi connectivity index (χ3v) is 4.35. The van der Waals surface area contributed by atoms with Crippen LogP contribution in [0, 0.1) is 11.8 Å². The van der Waals surface area contributed by atoms with Crippen molar-refractivity contribution < 1.29 is 0 Å². The minimum absolute atomic E-state index is 0.612. The van der Waals surface area contributed by atoms with Crippen LogP contribution in [0.4, 0.5) is 0 Å². The molecule has 0 bridgehead atoms. The van der Waals surface area contributed by atoms with Gasteiger partial charge in [0.15, 0.2) is 0 Å². The van der Waals surface area contributed by atoms with E-state index in [1.54, 1.807) is 0 Å². The SMILES string of the molecule is CCNC(Cc1ccccn1)C1CCC(CC)C1. The molecule has 0 aliphatic heterocycles. The van der Waals surface area contributed by atoms with Gasteiger partial charge in [0.05, 0.1) is 0 Å². The molecule has 1 aliphatic rings. The third-order valence-electron chi connectivity index (χ3n) is 4.35. The molecule has 2 heteroatoms. The van der Waals surface area contributed by atoms with E-state index in [1.165, 1.54) is 31.4 Å². The van der Waals surface area contributed by atoms with Crippen molar-refractivity contribution in [3.8, 4) is 0 Å². The van der Waals surface area contributed by atoms with E-state index in [2.05, 4.69) is 36.3 Å². The van der Waals surface area contributed by atoms with Crippen LogP contribution in [0.25, 0.3) is 0 Å². The lowest BCUT2D eigenvalue weighted by molar-refractivity contribution is 0.347. The summed E-state index contributed by atoms with van der Waals surface area (Å²) in [6.45, 7) is 5.59. The summed E-state index contributed by atoms with van der Waals surface area (Å²) in [7, 11) is 0. The molecule has 1 aromatic rings. The maximum absolute atomic E-state index is 4.47. The van der Waals surface area contributed by atoms with Gasteiger partial charge in [-0.15, -0.1) is 0 Å². The van der Waals surface area contributed by atoms with Gasteiger partial charge in [-0.05, 0) is 43.4 Å². The van der Waals surface area contributed by atoms with Crippen molar-refractivity contribution in [2.45, 2.75) is 52.0 Å². The molecule has 3 unspecified atom stereocenters. The molecular formula is C16H26N2. The second-order valence-corrected chi connectivity index (χ2v) is 5.54. The van der Waals surface area contributed by atoms with Crippen molar-refractivity contribution >= 4 is 0 Å². The number of hydrogen-bond acceptors (Lipinski definition) is 2. The zero-order chi connectivity index (χ0) is 12.8. The second-order valence-electron chi connectivity index (χ2n) is 5.54. The van der Waals surface area contributed by atoms with Gasteiger partial charge in [-0.3, -0.25) is 4.98 Å². The van der Waals surface area contributed by atoms with Crippen LogP contribution in [0.15, 0.2) is 24.4 Å². The topological polar surface area (TPSA) is 24.9 Å². The van der Waals surface area contributed by atoms with Crippen molar-refractivity contribution in [1.29, 1.82) is 0 Å². The molecule has 0 spiro atoms. The molecule has 2 rings (SSSR count). The second kappa shape index (κ2) is 6.89. The molecule has 100 valence electrons. The largest absolute Gasteiger partial charge is 0.314 e. The van der Waals surface area contributed by atoms with E-state index in [-0.39, 0.29) is 0 Å². The lowest BCUT2D eigenvalue weighted by Gasteiger charge is -2.24. The van der Waals surface area contributed by atoms with Crippen LogP contribution in [0.5, 0.6) is 0 Å². The molecule has 1 N–H and O–H groups in total. The first-order valence-electron chi connectivity index (χ1n) is 7.46. The lowest BCUT2D eigenvalue weighted by atomic mass is 9.92. The summed E-state index contributed by atoms with van der Waals surface area (Å²) in [4.78, 5) is 4.47. The monoisotopic (exact) mass is 246 g/mol. The van der Waals surface area contributed by atoms with Crippen molar-refractivity contribution in [3.63, 3.8) is 0 Å². The van der Waals surface area contributed by atoms with Crippen LogP contribution in [0.3, 0.4) is 0 Å². The fraction of sp³-hybridized carbons (Fsp3) is 0.688. The van der Waals surface area contributed by atoms with Crippen molar-refractivity contribution in [1.82, 2.24) is 10.3 Å². The fourth-order valence-electron chi connectivity index (χ4n) is 3.26. The highest BCUT2D eigenvalue weighted by molar-refractivity contribution is 5.06. The number of rotatable bonds is 6. The van der Waals surface area contributed by atoms with Gasteiger partial charge < -0.3 is 5.32 Å². The molecule has 1 aliphatic carbocycles. The first-order chi connectivity index (χ1) is 8.83. The summed E-state index contributed by atoms with van der Waals surface area (Å²) in [6, 6.07) is 6.85. The standard InChI is InChI=1S/C16H26N2/c1-3-13-8-9-14(11-13)16(17-4-2)12-15-7-5-6-10-18-15/h5-7,10,13-14,16-17H,3-4,8-9,11-12H2,1-2H3. The van der Waals surface area contributed by atoms with E-state index in [9.17, 15) is 0 Å². The smallest absolute Gasteiger partial charge is 0.0419 e. The summed E-state index contributed by atoms with van der Waals surface area (Å²) in [5.74, 6) is 1.80. The molecule has 2 nitrogen and oxygen atoms in total. The molecule has 0 radical (unpaired) electrons. The van der Waals surface area contributed by atoms with E-state index >= 15 is 0 Å². The number of pyridine rings is 1. The van der Waals surface area contributed by atoms with Gasteiger partial charge in [0.1, 0.15) is 0 Å². The van der Waals surface area contributed by atoms with Gasteiger partial charge in [0.25, 0.3) is 0 Å². The lowest BCUT2D eigenvalue weighted by Crippen LogP contribution is -2.37. The van der Waals surface area contributed by atoms with Gasteiger partial charge in [0.2, 0.25) is 0 Å². The van der Waals surface area contributed by atoms with Crippen molar-refractivity contribution in [3.05, 3.63) is 30.1 Å². The van der Waals surface area contributed by atoms with Crippen LogP contribution in [-0.4, -0.2) is 17.6 Å². The van der Waals surface area contributed by atoms with Crippen LogP contribution in [0.2, 0.25) is 0 Å². The van der Waals surface area contributed by atoms with Crippen molar-refractivity contribution in [2.24, 2.45) is 11.8 Å². The highest BCUT2D eigenvalue weighted by Gasteiger charge is 2.29. The Kier molecular flexibility index (Phi) is 5.18. The van der Waals surface area contributed by atoms with Gasteiger partial charge in [-0.2, -0.15) is 0 Å². The van der Waals surface area contributed by atoms with Crippen LogP contribution >= 0.6 is 0 Å². The van der Waals surface area contributed by atoms with Crippen LogP contribution < -0.4 is 5.32 Å². The van der Waals surface area contributed by atoms with Crippen molar-refractivity contribution in [2.75, 3.05) is 6.54 Å². The van der Waals surface area contributed by atoms with E-state index in [0.29, 0.717) is 6.04 Å². The van der Waals surface area contributed by atoms with E-state index in [1.807, 2.05) is 12.3 Å². The van der Waals surface area contributed by atoms with Gasteiger partial charge >= 0.3 is 0 Å². The fourth-order valence-corrected chi connectivity index (χ4v) is 3.26. The predicted molar refractivity (Wildman–Crippen MR) is 76.5 cm³/mol. The molecule has 1 fully saturated rings. The third kappa shape index (κ3) is 3.55. The van der Waals surface area contributed by atoms with E-state index in [4.69, 9.17) is 0 Å². The van der Waals surface area contributed by atoms with Gasteiger partial charge in [-0.1, -0.05) is 32.8 Å². The molecule has 0 amide bonds. The quantitative estimate of drug-likeness (QED) is 0.832. The Bertz CT molecular complexity index is 336. The Morgan fingerprint density at radius 3 is 2.83 bits per heavy atom. The minimum atomic E-state index is 0.612. The Morgan fingerprint density at radius 1 is 1.33 bits per heavy atom. The molecule has 0 saturated heterocycles. The maximum atomic E-state index is 4.47. The summed E-state index contributed by atoms with van der Waals surface area (Å²) in [5, 5.41) is 3.68. The summed E-state index contributed by atoms with van der Waals surface area (Å²) in [6.07, 6.45) is 8.55. The molecule has 0 aromatic carbocycles. The summed E-state index contributed by atoms with van der Waals surface area (Å²) >= 11 is 0. The first kappa shape index (κ1) is 13.5. The predicted octanol–water partition coefficient (Wildman–Crippen LogP) is 3.43. The Morgan fingerprint density at radius 2 is 2.22 bits per heavy atom. The molecule has 3 atom stereocenters. The average molecular weight is 246 g/mol. The first-order valence-corrected chi connectivity index (χ1v) is 7.46. The molecule has 1 saturated carbocycles. The Hall–Kier alpha value is -0.890. The average Bonchev–Trinajstić information content (AvgIpc) is 2.88. The molecule has 1 heterocycles. The number of nitrogens with one attached hydrogen (secondary N) is 1. The molecule has 18 heavy (non-hydrogen) atoms. The van der Waals surface area contributed by atoms with Gasteiger partial charge in [0, 0.05) is 24.4 Å². The summed E-state index contributed by atoms with van der Waals surface area (Å²) in [5.41, 5.74) is 1.23. The normalized spacial score (nSPS) is 25.2. The van der Waals surface area contributed by atoms with Crippen LogP contribution in [-0.2, 0) is 6.42 Å².